The van der Waals surface area contributed by atoms with Crippen LogP contribution in [0.25, 0.3) is 0 Å². The molecule has 1 aliphatic rings. The SMILES string of the molecule is CC(C)N1CCC(NC(=O)c2coc(CN)c2)C1=O.Cl. The van der Waals surface area contributed by atoms with Gasteiger partial charge >= 0.3 is 0 Å². The fourth-order valence-electron chi connectivity index (χ4n) is 2.20. The molecule has 2 heterocycles. The highest BCUT2D eigenvalue weighted by Gasteiger charge is 2.34. The number of nitrogens with zero attached hydrogens (tertiary/aromatic N) is 1. The minimum atomic E-state index is -0.439. The summed E-state index contributed by atoms with van der Waals surface area (Å²) in [5.41, 5.74) is 5.81. The molecule has 2 amide bonds. The Labute approximate surface area is 124 Å². The molecular formula is C13H20ClN3O3. The average Bonchev–Trinajstić information content (AvgIpc) is 2.97. The number of rotatable bonds is 4. The molecule has 0 bridgehead atoms. The lowest BCUT2D eigenvalue weighted by atomic mass is 10.2. The van der Waals surface area contributed by atoms with Gasteiger partial charge in [0.25, 0.3) is 5.91 Å². The first kappa shape index (κ1) is 16.5. The highest BCUT2D eigenvalue weighted by molar-refractivity contribution is 5.97. The number of nitrogens with one attached hydrogen (secondary N) is 1. The highest BCUT2D eigenvalue weighted by atomic mass is 35.5. The van der Waals surface area contributed by atoms with Crippen molar-refractivity contribution in [1.82, 2.24) is 10.2 Å². The van der Waals surface area contributed by atoms with E-state index in [4.69, 9.17) is 10.2 Å². The van der Waals surface area contributed by atoms with Crippen LogP contribution in [0.3, 0.4) is 0 Å². The number of hydrogen-bond acceptors (Lipinski definition) is 4. The number of furan rings is 1. The van der Waals surface area contributed by atoms with Gasteiger partial charge in [0.2, 0.25) is 5.91 Å². The van der Waals surface area contributed by atoms with Crippen LogP contribution in [0.2, 0.25) is 0 Å². The van der Waals surface area contributed by atoms with Gasteiger partial charge in [-0.2, -0.15) is 0 Å². The van der Waals surface area contributed by atoms with E-state index in [1.54, 1.807) is 11.0 Å². The van der Waals surface area contributed by atoms with Gasteiger partial charge in [-0.1, -0.05) is 0 Å². The molecule has 112 valence electrons. The molecule has 1 aromatic heterocycles. The molecule has 0 aliphatic carbocycles. The first-order valence-corrected chi connectivity index (χ1v) is 6.41. The van der Waals surface area contributed by atoms with Gasteiger partial charge < -0.3 is 20.4 Å². The third-order valence-corrected chi connectivity index (χ3v) is 3.29. The number of carbonyl (C=O) groups is 2. The zero-order valence-corrected chi connectivity index (χ0v) is 12.4. The van der Waals surface area contributed by atoms with Crippen LogP contribution in [0.15, 0.2) is 16.7 Å². The van der Waals surface area contributed by atoms with E-state index in [1.807, 2.05) is 13.8 Å². The Kier molecular flexibility index (Phi) is 5.59. The van der Waals surface area contributed by atoms with Crippen molar-refractivity contribution in [2.45, 2.75) is 38.9 Å². The van der Waals surface area contributed by atoms with E-state index >= 15 is 0 Å². The number of nitrogens with two attached hydrogens (primary N) is 1. The van der Waals surface area contributed by atoms with Crippen LogP contribution in [0, 0.1) is 0 Å². The van der Waals surface area contributed by atoms with Crippen LogP contribution in [0.5, 0.6) is 0 Å². The predicted octanol–water partition coefficient (Wildman–Crippen LogP) is 0.899. The number of halogens is 1. The van der Waals surface area contributed by atoms with Crippen molar-refractivity contribution in [3.63, 3.8) is 0 Å². The average molecular weight is 302 g/mol. The van der Waals surface area contributed by atoms with E-state index in [-0.39, 0.29) is 36.8 Å². The van der Waals surface area contributed by atoms with Gasteiger partial charge in [-0.15, -0.1) is 12.4 Å². The predicted molar refractivity (Wildman–Crippen MR) is 76.6 cm³/mol. The van der Waals surface area contributed by atoms with E-state index in [1.165, 1.54) is 6.26 Å². The van der Waals surface area contributed by atoms with Crippen LogP contribution in [0.1, 0.15) is 36.4 Å². The fourth-order valence-corrected chi connectivity index (χ4v) is 2.20. The maximum Gasteiger partial charge on any atom is 0.255 e. The Morgan fingerprint density at radius 1 is 1.60 bits per heavy atom. The second-order valence-electron chi connectivity index (χ2n) is 4.95. The first-order valence-electron chi connectivity index (χ1n) is 6.41. The molecule has 1 atom stereocenters. The zero-order chi connectivity index (χ0) is 14.0. The van der Waals surface area contributed by atoms with Crippen LogP contribution < -0.4 is 11.1 Å². The molecule has 1 aromatic rings. The third kappa shape index (κ3) is 3.32. The second-order valence-corrected chi connectivity index (χ2v) is 4.95. The zero-order valence-electron chi connectivity index (χ0n) is 11.6. The Bertz CT molecular complexity index is 487. The lowest BCUT2D eigenvalue weighted by molar-refractivity contribution is -0.130. The van der Waals surface area contributed by atoms with Crippen LogP contribution in [-0.4, -0.2) is 35.3 Å². The molecule has 0 spiro atoms. The van der Waals surface area contributed by atoms with E-state index in [2.05, 4.69) is 5.32 Å². The summed E-state index contributed by atoms with van der Waals surface area (Å²) >= 11 is 0. The molecule has 0 saturated carbocycles. The van der Waals surface area contributed by atoms with Crippen molar-refractivity contribution in [3.8, 4) is 0 Å². The van der Waals surface area contributed by atoms with Gasteiger partial charge in [0.1, 0.15) is 18.1 Å². The van der Waals surface area contributed by atoms with Crippen molar-refractivity contribution in [3.05, 3.63) is 23.7 Å². The smallest absolute Gasteiger partial charge is 0.255 e. The van der Waals surface area contributed by atoms with Gasteiger partial charge in [-0.3, -0.25) is 9.59 Å². The molecular weight excluding hydrogens is 282 g/mol. The number of amides is 2. The van der Waals surface area contributed by atoms with E-state index in [9.17, 15) is 9.59 Å². The lowest BCUT2D eigenvalue weighted by Crippen LogP contribution is -2.43. The summed E-state index contributed by atoms with van der Waals surface area (Å²) in [4.78, 5) is 25.8. The third-order valence-electron chi connectivity index (χ3n) is 3.29. The Morgan fingerprint density at radius 3 is 2.80 bits per heavy atom. The number of hydrogen-bond donors (Lipinski definition) is 2. The molecule has 6 nitrogen and oxygen atoms in total. The highest BCUT2D eigenvalue weighted by Crippen LogP contribution is 2.15. The van der Waals surface area contributed by atoms with E-state index in [0.29, 0.717) is 24.3 Å². The van der Waals surface area contributed by atoms with Gasteiger partial charge in [-0.25, -0.2) is 0 Å². The Morgan fingerprint density at radius 2 is 2.30 bits per heavy atom. The number of carbonyl (C=O) groups excluding carboxylic acids is 2. The number of likely N-dealkylation sites (tertiary alicyclic amines) is 1. The molecule has 0 aromatic carbocycles. The van der Waals surface area contributed by atoms with E-state index in [0.717, 1.165) is 0 Å². The summed E-state index contributed by atoms with van der Waals surface area (Å²) in [7, 11) is 0. The first-order chi connectivity index (χ1) is 9.02. The summed E-state index contributed by atoms with van der Waals surface area (Å²) in [6.45, 7) is 4.86. The quantitative estimate of drug-likeness (QED) is 0.865. The summed E-state index contributed by atoms with van der Waals surface area (Å²) < 4.78 is 5.10. The van der Waals surface area contributed by atoms with Gasteiger partial charge in [0, 0.05) is 12.6 Å². The van der Waals surface area contributed by atoms with Gasteiger partial charge in [0.15, 0.2) is 0 Å². The molecule has 0 radical (unpaired) electrons. The second kappa shape index (κ2) is 6.76. The van der Waals surface area contributed by atoms with Crippen molar-refractivity contribution in [2.24, 2.45) is 5.73 Å². The summed E-state index contributed by atoms with van der Waals surface area (Å²) in [5.74, 6) is 0.227. The van der Waals surface area contributed by atoms with Crippen LogP contribution >= 0.6 is 12.4 Å². The molecule has 20 heavy (non-hydrogen) atoms. The van der Waals surface area contributed by atoms with Crippen LogP contribution in [0.4, 0.5) is 0 Å². The normalized spacial score (nSPS) is 18.3. The molecule has 7 heteroatoms. The minimum Gasteiger partial charge on any atom is -0.467 e. The maximum atomic E-state index is 12.0. The largest absolute Gasteiger partial charge is 0.467 e. The van der Waals surface area contributed by atoms with Crippen molar-refractivity contribution < 1.29 is 14.0 Å². The van der Waals surface area contributed by atoms with Crippen molar-refractivity contribution in [1.29, 1.82) is 0 Å². The summed E-state index contributed by atoms with van der Waals surface area (Å²) in [5, 5.41) is 2.74. The summed E-state index contributed by atoms with van der Waals surface area (Å²) in [6, 6.07) is 1.31. The van der Waals surface area contributed by atoms with Gasteiger partial charge in [0.05, 0.1) is 12.1 Å². The fraction of sp³-hybridized carbons (Fsp3) is 0.538. The van der Waals surface area contributed by atoms with Crippen molar-refractivity contribution in [2.75, 3.05) is 6.54 Å². The minimum absolute atomic E-state index is 0. The topological polar surface area (TPSA) is 88.6 Å². The standard InChI is InChI=1S/C13H19N3O3.ClH/c1-8(2)16-4-3-11(13(16)18)15-12(17)9-5-10(6-14)19-7-9;/h5,7-8,11H,3-4,6,14H2,1-2H3,(H,15,17);1H. The molecule has 1 fully saturated rings. The molecule has 1 saturated heterocycles. The summed E-state index contributed by atoms with van der Waals surface area (Å²) in [6.07, 6.45) is 2.00. The molecule has 3 N–H and O–H groups in total. The van der Waals surface area contributed by atoms with Gasteiger partial charge in [-0.05, 0) is 26.3 Å². The maximum absolute atomic E-state index is 12.0. The monoisotopic (exact) mass is 301 g/mol. The molecule has 1 aliphatic heterocycles. The molecule has 1 unspecified atom stereocenters. The van der Waals surface area contributed by atoms with E-state index < -0.39 is 6.04 Å². The Balaban J connectivity index is 0.00000200. The van der Waals surface area contributed by atoms with Crippen LogP contribution in [-0.2, 0) is 11.3 Å². The Hall–Kier alpha value is -1.53. The molecule has 2 rings (SSSR count). The lowest BCUT2D eigenvalue weighted by Gasteiger charge is -2.21. The van der Waals surface area contributed by atoms with Crippen molar-refractivity contribution >= 4 is 24.2 Å².